The third-order valence-electron chi connectivity index (χ3n) is 4.10. The monoisotopic (exact) mass is 271 g/mol. The number of hydrogen-bond acceptors (Lipinski definition) is 3. The number of ether oxygens (including phenoxy) is 1. The zero-order valence-corrected chi connectivity index (χ0v) is 11.8. The summed E-state index contributed by atoms with van der Waals surface area (Å²) in [6.45, 7) is 0. The van der Waals surface area contributed by atoms with Crippen molar-refractivity contribution in [2.24, 2.45) is 0 Å². The quantitative estimate of drug-likeness (QED) is 0.903. The van der Waals surface area contributed by atoms with Crippen LogP contribution in [-0.4, -0.2) is 19.3 Å². The molecule has 1 saturated carbocycles. The van der Waals surface area contributed by atoms with Crippen LogP contribution in [0.15, 0.2) is 53.1 Å². The zero-order chi connectivity index (χ0) is 13.8. The zero-order valence-electron chi connectivity index (χ0n) is 11.8. The highest BCUT2D eigenvalue weighted by Gasteiger charge is 2.30. The van der Waals surface area contributed by atoms with Crippen LogP contribution in [0, 0.1) is 0 Å². The molecule has 2 aromatic rings. The molecule has 1 N–H and O–H groups in total. The fourth-order valence-corrected chi connectivity index (χ4v) is 3.06. The topological polar surface area (TPSA) is 34.4 Å². The van der Waals surface area contributed by atoms with Crippen molar-refractivity contribution in [3.63, 3.8) is 0 Å². The summed E-state index contributed by atoms with van der Waals surface area (Å²) < 4.78 is 11.2. The predicted octanol–water partition coefficient (Wildman–Crippen LogP) is 3.53. The molecule has 0 radical (unpaired) electrons. The van der Waals surface area contributed by atoms with Gasteiger partial charge in [0.25, 0.3) is 0 Å². The fraction of sp³-hybridized carbons (Fsp3) is 0.412. The molecule has 1 aromatic heterocycles. The van der Waals surface area contributed by atoms with Gasteiger partial charge in [-0.15, -0.1) is 0 Å². The standard InChI is InChI=1S/C17H21NO2/c1-19-15-10-5-9-14(15)18-17(16-11-6-12-20-16)13-7-3-2-4-8-13/h2-4,6-8,11-12,14-15,17-18H,5,9-10H2,1H3. The van der Waals surface area contributed by atoms with Crippen LogP contribution in [0.1, 0.15) is 36.6 Å². The van der Waals surface area contributed by atoms with Crippen molar-refractivity contribution in [1.82, 2.24) is 5.32 Å². The van der Waals surface area contributed by atoms with Crippen molar-refractivity contribution in [2.45, 2.75) is 37.5 Å². The molecule has 1 fully saturated rings. The van der Waals surface area contributed by atoms with Crippen LogP contribution < -0.4 is 5.32 Å². The van der Waals surface area contributed by atoms with Crippen LogP contribution in [0.25, 0.3) is 0 Å². The molecule has 1 aliphatic carbocycles. The van der Waals surface area contributed by atoms with Crippen LogP contribution in [-0.2, 0) is 4.74 Å². The molecule has 1 aliphatic rings. The predicted molar refractivity (Wildman–Crippen MR) is 78.6 cm³/mol. The van der Waals surface area contributed by atoms with Gasteiger partial charge in [0.15, 0.2) is 0 Å². The normalized spacial score (nSPS) is 23.9. The lowest BCUT2D eigenvalue weighted by molar-refractivity contribution is 0.0819. The summed E-state index contributed by atoms with van der Waals surface area (Å²) in [5.74, 6) is 0.956. The second-order valence-electron chi connectivity index (χ2n) is 5.34. The fourth-order valence-electron chi connectivity index (χ4n) is 3.06. The molecule has 0 saturated heterocycles. The van der Waals surface area contributed by atoms with E-state index in [1.165, 1.54) is 12.0 Å². The number of rotatable bonds is 5. The number of nitrogens with one attached hydrogen (secondary N) is 1. The maximum Gasteiger partial charge on any atom is 0.125 e. The molecule has 3 unspecified atom stereocenters. The number of methoxy groups -OCH3 is 1. The Labute approximate surface area is 119 Å². The van der Waals surface area contributed by atoms with Gasteiger partial charge in [-0.3, -0.25) is 5.32 Å². The van der Waals surface area contributed by atoms with Crippen LogP contribution in [0.4, 0.5) is 0 Å². The first kappa shape index (κ1) is 13.4. The van der Waals surface area contributed by atoms with E-state index in [0.29, 0.717) is 12.1 Å². The average Bonchev–Trinajstić information content (AvgIpc) is 3.16. The third-order valence-corrected chi connectivity index (χ3v) is 4.10. The Morgan fingerprint density at radius 1 is 1.15 bits per heavy atom. The van der Waals surface area contributed by atoms with Gasteiger partial charge in [0.2, 0.25) is 0 Å². The van der Waals surface area contributed by atoms with E-state index in [1.54, 1.807) is 13.4 Å². The van der Waals surface area contributed by atoms with E-state index in [1.807, 2.05) is 18.2 Å². The summed E-state index contributed by atoms with van der Waals surface area (Å²) in [5, 5.41) is 3.72. The average molecular weight is 271 g/mol. The molecule has 3 atom stereocenters. The number of benzene rings is 1. The number of hydrogen-bond donors (Lipinski definition) is 1. The van der Waals surface area contributed by atoms with Gasteiger partial charge >= 0.3 is 0 Å². The first-order valence-electron chi connectivity index (χ1n) is 7.25. The SMILES string of the molecule is COC1CCCC1NC(c1ccccc1)c1ccco1. The van der Waals surface area contributed by atoms with Gasteiger partial charge in [0.05, 0.1) is 18.4 Å². The van der Waals surface area contributed by atoms with Crippen LogP contribution >= 0.6 is 0 Å². The summed E-state index contributed by atoms with van der Waals surface area (Å²) in [6, 6.07) is 14.9. The highest BCUT2D eigenvalue weighted by Crippen LogP contribution is 2.28. The van der Waals surface area contributed by atoms with Crippen LogP contribution in [0.5, 0.6) is 0 Å². The lowest BCUT2D eigenvalue weighted by Gasteiger charge is -2.25. The van der Waals surface area contributed by atoms with E-state index in [2.05, 4.69) is 29.6 Å². The Morgan fingerprint density at radius 2 is 2.00 bits per heavy atom. The molecule has 3 heteroatoms. The molecule has 0 bridgehead atoms. The Bertz CT molecular complexity index is 509. The molecule has 106 valence electrons. The Morgan fingerprint density at radius 3 is 2.70 bits per heavy atom. The summed E-state index contributed by atoms with van der Waals surface area (Å²) >= 11 is 0. The summed E-state index contributed by atoms with van der Waals surface area (Å²) in [4.78, 5) is 0. The molecule has 3 rings (SSSR count). The summed E-state index contributed by atoms with van der Waals surface area (Å²) in [7, 11) is 1.80. The summed E-state index contributed by atoms with van der Waals surface area (Å²) in [5.41, 5.74) is 1.23. The lowest BCUT2D eigenvalue weighted by atomic mass is 10.0. The minimum absolute atomic E-state index is 0.0898. The van der Waals surface area contributed by atoms with Crippen molar-refractivity contribution < 1.29 is 9.15 Å². The van der Waals surface area contributed by atoms with Crippen molar-refractivity contribution >= 4 is 0 Å². The van der Waals surface area contributed by atoms with Crippen molar-refractivity contribution in [2.75, 3.05) is 7.11 Å². The first-order chi connectivity index (χ1) is 9.88. The maximum atomic E-state index is 5.63. The number of furan rings is 1. The van der Waals surface area contributed by atoms with E-state index in [9.17, 15) is 0 Å². The Balaban J connectivity index is 1.83. The molecule has 3 nitrogen and oxygen atoms in total. The second kappa shape index (κ2) is 6.25. The molecule has 1 heterocycles. The molecular formula is C17H21NO2. The van der Waals surface area contributed by atoms with Crippen molar-refractivity contribution in [3.05, 3.63) is 60.1 Å². The van der Waals surface area contributed by atoms with Crippen molar-refractivity contribution in [1.29, 1.82) is 0 Å². The minimum atomic E-state index is 0.0898. The molecule has 0 spiro atoms. The van der Waals surface area contributed by atoms with Gasteiger partial charge in [0.1, 0.15) is 5.76 Å². The van der Waals surface area contributed by atoms with E-state index in [0.717, 1.165) is 18.6 Å². The molecule has 0 amide bonds. The minimum Gasteiger partial charge on any atom is -0.467 e. The summed E-state index contributed by atoms with van der Waals surface area (Å²) in [6.07, 6.45) is 5.54. The molecule has 1 aromatic carbocycles. The molecule has 0 aliphatic heterocycles. The van der Waals surface area contributed by atoms with E-state index >= 15 is 0 Å². The van der Waals surface area contributed by atoms with Crippen molar-refractivity contribution in [3.8, 4) is 0 Å². The largest absolute Gasteiger partial charge is 0.467 e. The van der Waals surface area contributed by atoms with Crippen LogP contribution in [0.2, 0.25) is 0 Å². The lowest BCUT2D eigenvalue weighted by Crippen LogP contribution is -2.39. The third kappa shape index (κ3) is 2.79. The van der Waals surface area contributed by atoms with Gasteiger partial charge in [-0.1, -0.05) is 30.3 Å². The van der Waals surface area contributed by atoms with E-state index < -0.39 is 0 Å². The van der Waals surface area contributed by atoms with Gasteiger partial charge in [-0.05, 0) is 37.0 Å². The highest BCUT2D eigenvalue weighted by atomic mass is 16.5. The van der Waals surface area contributed by atoms with E-state index in [-0.39, 0.29) is 6.04 Å². The van der Waals surface area contributed by atoms with E-state index in [4.69, 9.17) is 9.15 Å². The highest BCUT2D eigenvalue weighted by molar-refractivity contribution is 5.26. The first-order valence-corrected chi connectivity index (χ1v) is 7.25. The van der Waals surface area contributed by atoms with Gasteiger partial charge in [-0.25, -0.2) is 0 Å². The smallest absolute Gasteiger partial charge is 0.125 e. The van der Waals surface area contributed by atoms with Gasteiger partial charge < -0.3 is 9.15 Å². The van der Waals surface area contributed by atoms with Gasteiger partial charge in [-0.2, -0.15) is 0 Å². The second-order valence-corrected chi connectivity index (χ2v) is 5.34. The molecular weight excluding hydrogens is 250 g/mol. The Hall–Kier alpha value is -1.58. The molecule has 20 heavy (non-hydrogen) atoms. The maximum absolute atomic E-state index is 5.63. The Kier molecular flexibility index (Phi) is 4.19. The van der Waals surface area contributed by atoms with Gasteiger partial charge in [0, 0.05) is 13.2 Å². The van der Waals surface area contributed by atoms with Crippen LogP contribution in [0.3, 0.4) is 0 Å².